The first kappa shape index (κ1) is 19.6. The van der Waals surface area contributed by atoms with Crippen LogP contribution in [0.15, 0.2) is 9.59 Å². The molecule has 1 unspecified atom stereocenters. The number of hydrogen-bond donors (Lipinski definition) is 1. The summed E-state index contributed by atoms with van der Waals surface area (Å²) in [5, 5.41) is 4.58. The Kier molecular flexibility index (Phi) is 5.57. The molecule has 0 amide bonds. The highest BCUT2D eigenvalue weighted by molar-refractivity contribution is 7.80. The molecule has 2 aromatic heterocycles. The van der Waals surface area contributed by atoms with E-state index >= 15 is 0 Å². The molecule has 0 radical (unpaired) electrons. The lowest BCUT2D eigenvalue weighted by molar-refractivity contribution is 0.00583. The zero-order valence-electron chi connectivity index (χ0n) is 16.3. The number of rotatable bonds is 5. The maximum atomic E-state index is 13.1. The molecule has 2 aliphatic heterocycles. The Morgan fingerprint density at radius 2 is 2.11 bits per heavy atom. The number of aryl methyl sites for hydroxylation is 1. The number of nitrogens with zero attached hydrogens (tertiary/aromatic N) is 3. The van der Waals surface area contributed by atoms with Gasteiger partial charge in [0, 0.05) is 31.1 Å². The zero-order valence-corrected chi connectivity index (χ0v) is 18.0. The van der Waals surface area contributed by atoms with Gasteiger partial charge in [-0.2, -0.15) is 0 Å². The molecule has 0 bridgehead atoms. The summed E-state index contributed by atoms with van der Waals surface area (Å²) >= 11 is 6.91. The van der Waals surface area contributed by atoms with E-state index in [1.165, 1.54) is 4.57 Å². The van der Waals surface area contributed by atoms with E-state index in [0.717, 1.165) is 59.3 Å². The Labute approximate surface area is 172 Å². The van der Waals surface area contributed by atoms with Crippen LogP contribution in [0.2, 0.25) is 0 Å². The second-order valence-electron chi connectivity index (χ2n) is 7.42. The highest BCUT2D eigenvalue weighted by atomic mass is 32.1. The average Bonchev–Trinajstić information content (AvgIpc) is 3.24. The third-order valence-electron chi connectivity index (χ3n) is 5.65. The Hall–Kier alpha value is -1.71. The average molecular weight is 423 g/mol. The van der Waals surface area contributed by atoms with Gasteiger partial charge in [-0.1, -0.05) is 0 Å². The fraction of sp³-hybridized carbons (Fsp3) is 0.632. The Morgan fingerprint density at radius 3 is 2.75 bits per heavy atom. The summed E-state index contributed by atoms with van der Waals surface area (Å²) in [6, 6.07) is 0. The van der Waals surface area contributed by atoms with Gasteiger partial charge in [0.25, 0.3) is 5.56 Å². The Morgan fingerprint density at radius 1 is 1.29 bits per heavy atom. The van der Waals surface area contributed by atoms with E-state index in [1.54, 1.807) is 15.9 Å². The predicted molar refractivity (Wildman–Crippen MR) is 115 cm³/mol. The van der Waals surface area contributed by atoms with Crippen LogP contribution in [0.1, 0.15) is 36.6 Å². The topological polar surface area (TPSA) is 68.5 Å². The number of thiophene rings is 1. The van der Waals surface area contributed by atoms with Crippen LogP contribution in [-0.2, 0) is 24.4 Å². The molecular formula is C19H26N4O3S2. The van der Waals surface area contributed by atoms with Crippen molar-refractivity contribution in [1.82, 2.24) is 19.4 Å². The van der Waals surface area contributed by atoms with E-state index in [1.807, 2.05) is 13.8 Å². The van der Waals surface area contributed by atoms with Crippen LogP contribution < -0.4 is 16.6 Å². The van der Waals surface area contributed by atoms with Crippen molar-refractivity contribution in [3.05, 3.63) is 31.3 Å². The molecule has 4 heterocycles. The standard InChI is InChI=1S/C19H26N4O3S2/c1-3-22-16(24)15-12(2)14(11-21-8-7-20-18(21)27)28-17(15)23(19(22)25)10-13-6-4-5-9-26-13/h13H,3-11H2,1-2H3,(H,20,27). The van der Waals surface area contributed by atoms with Crippen LogP contribution in [0, 0.1) is 6.92 Å². The largest absolute Gasteiger partial charge is 0.376 e. The lowest BCUT2D eigenvalue weighted by atomic mass is 10.1. The molecule has 7 nitrogen and oxygen atoms in total. The second-order valence-corrected chi connectivity index (χ2v) is 8.89. The first-order chi connectivity index (χ1) is 13.5. The first-order valence-corrected chi connectivity index (χ1v) is 11.1. The van der Waals surface area contributed by atoms with Crippen molar-refractivity contribution in [3.63, 3.8) is 0 Å². The maximum Gasteiger partial charge on any atom is 0.332 e. The summed E-state index contributed by atoms with van der Waals surface area (Å²) in [7, 11) is 0. The molecule has 1 atom stereocenters. The van der Waals surface area contributed by atoms with Crippen molar-refractivity contribution >= 4 is 38.9 Å². The van der Waals surface area contributed by atoms with Crippen LogP contribution in [-0.4, -0.2) is 44.9 Å². The Bertz CT molecular complexity index is 1020. The van der Waals surface area contributed by atoms with Gasteiger partial charge in [-0.3, -0.25) is 13.9 Å². The minimum Gasteiger partial charge on any atom is -0.376 e. The third kappa shape index (κ3) is 3.40. The van der Waals surface area contributed by atoms with Gasteiger partial charge < -0.3 is 15.0 Å². The monoisotopic (exact) mass is 422 g/mol. The zero-order chi connectivity index (χ0) is 19.8. The molecule has 152 valence electrons. The van der Waals surface area contributed by atoms with E-state index in [9.17, 15) is 9.59 Å². The van der Waals surface area contributed by atoms with E-state index in [0.29, 0.717) is 25.0 Å². The van der Waals surface area contributed by atoms with Crippen molar-refractivity contribution in [3.8, 4) is 0 Å². The smallest absolute Gasteiger partial charge is 0.332 e. The molecule has 4 rings (SSSR count). The fourth-order valence-electron chi connectivity index (χ4n) is 4.02. The highest BCUT2D eigenvalue weighted by Gasteiger charge is 2.24. The number of ether oxygens (including phenoxy) is 1. The van der Waals surface area contributed by atoms with Gasteiger partial charge in [0.05, 0.1) is 24.6 Å². The normalized spacial score (nSPS) is 20.1. The maximum absolute atomic E-state index is 13.1. The quantitative estimate of drug-likeness (QED) is 0.742. The Balaban J connectivity index is 1.82. The summed E-state index contributed by atoms with van der Waals surface area (Å²) in [5.41, 5.74) is 0.533. The van der Waals surface area contributed by atoms with Crippen molar-refractivity contribution in [2.24, 2.45) is 0 Å². The van der Waals surface area contributed by atoms with Gasteiger partial charge in [-0.25, -0.2) is 4.79 Å². The van der Waals surface area contributed by atoms with Gasteiger partial charge in [0.15, 0.2) is 5.11 Å². The van der Waals surface area contributed by atoms with Crippen LogP contribution in [0.3, 0.4) is 0 Å². The summed E-state index contributed by atoms with van der Waals surface area (Å²) in [5.74, 6) is 0. The number of hydrogen-bond acceptors (Lipinski definition) is 5. The molecule has 28 heavy (non-hydrogen) atoms. The molecule has 0 aromatic carbocycles. The van der Waals surface area contributed by atoms with Gasteiger partial charge >= 0.3 is 5.69 Å². The minimum absolute atomic E-state index is 0.0266. The van der Waals surface area contributed by atoms with Crippen molar-refractivity contribution in [1.29, 1.82) is 0 Å². The molecule has 2 aromatic rings. The van der Waals surface area contributed by atoms with Gasteiger partial charge in [-0.15, -0.1) is 11.3 Å². The minimum atomic E-state index is -0.236. The van der Waals surface area contributed by atoms with E-state index in [-0.39, 0.29) is 17.4 Å². The van der Waals surface area contributed by atoms with Crippen molar-refractivity contribution in [2.45, 2.75) is 58.8 Å². The molecule has 2 fully saturated rings. The summed E-state index contributed by atoms with van der Waals surface area (Å²) in [6.07, 6.45) is 3.16. The van der Waals surface area contributed by atoms with Gasteiger partial charge in [0.1, 0.15) is 4.83 Å². The summed E-state index contributed by atoms with van der Waals surface area (Å²) in [6.45, 7) is 7.79. The van der Waals surface area contributed by atoms with Gasteiger partial charge in [-0.05, 0) is 50.9 Å². The summed E-state index contributed by atoms with van der Waals surface area (Å²) < 4.78 is 8.98. The molecule has 9 heteroatoms. The molecule has 0 saturated carbocycles. The molecule has 0 spiro atoms. The second kappa shape index (κ2) is 7.96. The number of thiocarbonyl (C=S) groups is 1. The third-order valence-corrected chi connectivity index (χ3v) is 7.35. The molecule has 1 N–H and O–H groups in total. The van der Waals surface area contributed by atoms with Crippen LogP contribution in [0.4, 0.5) is 0 Å². The lowest BCUT2D eigenvalue weighted by Gasteiger charge is -2.23. The number of nitrogens with one attached hydrogen (secondary N) is 1. The number of fused-ring (bicyclic) bond motifs is 1. The van der Waals surface area contributed by atoms with Crippen molar-refractivity contribution in [2.75, 3.05) is 19.7 Å². The molecule has 0 aliphatic carbocycles. The van der Waals surface area contributed by atoms with Crippen LogP contribution >= 0.6 is 23.6 Å². The van der Waals surface area contributed by atoms with Gasteiger partial charge in [0.2, 0.25) is 0 Å². The fourth-order valence-corrected chi connectivity index (χ4v) is 5.59. The SMILES string of the molecule is CCn1c(=O)c2c(C)c(CN3CCNC3=S)sc2n(CC2CCCCO2)c1=O. The van der Waals surface area contributed by atoms with Crippen LogP contribution in [0.25, 0.3) is 10.2 Å². The van der Waals surface area contributed by atoms with Crippen LogP contribution in [0.5, 0.6) is 0 Å². The first-order valence-electron chi connectivity index (χ1n) is 9.91. The lowest BCUT2D eigenvalue weighted by Crippen LogP contribution is -2.41. The number of aromatic nitrogens is 2. The molecule has 2 saturated heterocycles. The van der Waals surface area contributed by atoms with Crippen molar-refractivity contribution < 1.29 is 4.74 Å². The summed E-state index contributed by atoms with van der Waals surface area (Å²) in [4.78, 5) is 30.1. The highest BCUT2D eigenvalue weighted by Crippen LogP contribution is 2.30. The predicted octanol–water partition coefficient (Wildman–Crippen LogP) is 1.81. The van der Waals surface area contributed by atoms with E-state index < -0.39 is 0 Å². The van der Waals surface area contributed by atoms with E-state index in [2.05, 4.69) is 10.2 Å². The molecular weight excluding hydrogens is 396 g/mol. The molecule has 2 aliphatic rings. The van der Waals surface area contributed by atoms with E-state index in [4.69, 9.17) is 17.0 Å².